The van der Waals surface area contributed by atoms with Crippen molar-refractivity contribution in [1.82, 2.24) is 0 Å². The van der Waals surface area contributed by atoms with Gasteiger partial charge in [-0.05, 0) is 12.1 Å². The van der Waals surface area contributed by atoms with Gasteiger partial charge >= 0.3 is 11.9 Å². The number of aliphatic hydroxyl groups excluding tert-OH is 1. The topological polar surface area (TPSA) is 91.3 Å². The zero-order valence-corrected chi connectivity index (χ0v) is 17.2. The predicted molar refractivity (Wildman–Crippen MR) is 106 cm³/mol. The number of aliphatic hydroxyl groups is 1. The zero-order chi connectivity index (χ0) is 21.3. The Morgan fingerprint density at radius 3 is 2.63 bits per heavy atom. The maximum absolute atomic E-state index is 12.5. The summed E-state index contributed by atoms with van der Waals surface area (Å²) in [7, 11) is 0. The molecule has 2 aliphatic heterocycles. The Balaban J connectivity index is 1.44. The molecule has 1 aromatic carbocycles. The van der Waals surface area contributed by atoms with E-state index in [4.69, 9.17) is 18.9 Å². The average Bonchev–Trinajstić information content (AvgIpc) is 3.22. The molecule has 30 heavy (non-hydrogen) atoms. The highest BCUT2D eigenvalue weighted by atomic mass is 16.7. The van der Waals surface area contributed by atoms with Gasteiger partial charge in [0.25, 0.3) is 0 Å². The Morgan fingerprint density at radius 2 is 1.93 bits per heavy atom. The van der Waals surface area contributed by atoms with Crippen molar-refractivity contribution in [2.75, 3.05) is 13.2 Å². The monoisotopic (exact) mass is 416 g/mol. The van der Waals surface area contributed by atoms with Crippen LogP contribution in [0.3, 0.4) is 0 Å². The standard InChI is InChI=1S/C23H28O7/c1-23(2)12-27-22(28-13-23)17(24)9-8-15-16-10-20(25)29-19(16)11-18(15)30-21(26)14-6-4-3-5-7-14/h3-9,15-19,22,24H,10-13H2,1-2H3/b9-8+/t15-,16-,17+,18-,19+/m1/s1. The van der Waals surface area contributed by atoms with Gasteiger partial charge in [0.1, 0.15) is 18.3 Å². The van der Waals surface area contributed by atoms with E-state index >= 15 is 0 Å². The minimum absolute atomic E-state index is 0.0818. The molecule has 0 spiro atoms. The van der Waals surface area contributed by atoms with Crippen molar-refractivity contribution in [3.63, 3.8) is 0 Å². The van der Waals surface area contributed by atoms with Gasteiger partial charge in [-0.15, -0.1) is 0 Å². The zero-order valence-electron chi connectivity index (χ0n) is 17.2. The van der Waals surface area contributed by atoms with Gasteiger partial charge in [-0.2, -0.15) is 0 Å². The second-order valence-electron chi connectivity index (χ2n) is 9.05. The molecular weight excluding hydrogens is 388 g/mol. The minimum Gasteiger partial charge on any atom is -0.462 e. The fourth-order valence-corrected chi connectivity index (χ4v) is 4.31. The molecule has 0 unspecified atom stereocenters. The lowest BCUT2D eigenvalue weighted by atomic mass is 9.91. The van der Waals surface area contributed by atoms with Crippen LogP contribution in [-0.2, 0) is 23.7 Å². The predicted octanol–water partition coefficient (Wildman–Crippen LogP) is 2.48. The summed E-state index contributed by atoms with van der Waals surface area (Å²) in [5.41, 5.74) is 0.387. The van der Waals surface area contributed by atoms with Crippen LogP contribution in [0.15, 0.2) is 42.5 Å². The molecule has 0 radical (unpaired) electrons. The molecule has 2 heterocycles. The quantitative estimate of drug-likeness (QED) is 0.582. The molecule has 5 atom stereocenters. The lowest BCUT2D eigenvalue weighted by molar-refractivity contribution is -0.248. The molecule has 1 aromatic rings. The van der Waals surface area contributed by atoms with Gasteiger partial charge in [0.05, 0.1) is 25.2 Å². The van der Waals surface area contributed by atoms with Crippen molar-refractivity contribution in [2.24, 2.45) is 17.3 Å². The normalized spacial score (nSPS) is 32.0. The molecule has 1 N–H and O–H groups in total. The summed E-state index contributed by atoms with van der Waals surface area (Å²) < 4.78 is 22.4. The van der Waals surface area contributed by atoms with Crippen LogP contribution in [0.25, 0.3) is 0 Å². The van der Waals surface area contributed by atoms with Gasteiger partial charge in [-0.3, -0.25) is 4.79 Å². The number of benzene rings is 1. The van der Waals surface area contributed by atoms with E-state index in [-0.39, 0.29) is 35.7 Å². The van der Waals surface area contributed by atoms with Crippen LogP contribution in [0.1, 0.15) is 37.0 Å². The highest BCUT2D eigenvalue weighted by Crippen LogP contribution is 2.43. The van der Waals surface area contributed by atoms with Crippen LogP contribution in [0, 0.1) is 17.3 Å². The Bertz CT molecular complexity index is 793. The van der Waals surface area contributed by atoms with E-state index < -0.39 is 24.5 Å². The summed E-state index contributed by atoms with van der Waals surface area (Å²) in [4.78, 5) is 24.3. The molecule has 0 bridgehead atoms. The van der Waals surface area contributed by atoms with Crippen LogP contribution < -0.4 is 0 Å². The number of esters is 2. The molecule has 1 saturated carbocycles. The first-order valence-corrected chi connectivity index (χ1v) is 10.4. The molecule has 0 amide bonds. The van der Waals surface area contributed by atoms with Crippen molar-refractivity contribution in [1.29, 1.82) is 0 Å². The minimum atomic E-state index is -0.955. The molecule has 7 nitrogen and oxygen atoms in total. The number of ether oxygens (including phenoxy) is 4. The van der Waals surface area contributed by atoms with E-state index in [2.05, 4.69) is 0 Å². The van der Waals surface area contributed by atoms with Gasteiger partial charge in [0, 0.05) is 23.7 Å². The molecule has 3 fully saturated rings. The van der Waals surface area contributed by atoms with Gasteiger partial charge in [-0.25, -0.2) is 4.79 Å². The number of carbonyl (C=O) groups excluding carboxylic acids is 2. The lowest BCUT2D eigenvalue weighted by Crippen LogP contribution is -2.43. The van der Waals surface area contributed by atoms with Gasteiger partial charge in [0.2, 0.25) is 0 Å². The highest BCUT2D eigenvalue weighted by molar-refractivity contribution is 5.89. The van der Waals surface area contributed by atoms with E-state index in [1.54, 1.807) is 30.3 Å². The Kier molecular flexibility index (Phi) is 5.95. The van der Waals surface area contributed by atoms with Crippen molar-refractivity contribution in [2.45, 2.75) is 51.3 Å². The largest absolute Gasteiger partial charge is 0.462 e. The van der Waals surface area contributed by atoms with E-state index in [0.29, 0.717) is 25.2 Å². The van der Waals surface area contributed by atoms with Gasteiger partial charge < -0.3 is 24.1 Å². The van der Waals surface area contributed by atoms with Gasteiger partial charge in [-0.1, -0.05) is 44.2 Å². The van der Waals surface area contributed by atoms with Gasteiger partial charge in [0.15, 0.2) is 6.29 Å². The second kappa shape index (κ2) is 8.49. The molecule has 7 heteroatoms. The number of rotatable bonds is 5. The summed E-state index contributed by atoms with van der Waals surface area (Å²) in [6.07, 6.45) is 1.75. The summed E-state index contributed by atoms with van der Waals surface area (Å²) in [5.74, 6) is -0.963. The first-order chi connectivity index (χ1) is 14.3. The van der Waals surface area contributed by atoms with E-state index in [9.17, 15) is 14.7 Å². The number of hydrogen-bond donors (Lipinski definition) is 1. The lowest BCUT2D eigenvalue weighted by Gasteiger charge is -2.35. The van der Waals surface area contributed by atoms with Crippen molar-refractivity contribution in [3.8, 4) is 0 Å². The van der Waals surface area contributed by atoms with Crippen molar-refractivity contribution in [3.05, 3.63) is 48.0 Å². The smallest absolute Gasteiger partial charge is 0.338 e. The van der Waals surface area contributed by atoms with Crippen LogP contribution >= 0.6 is 0 Å². The van der Waals surface area contributed by atoms with Crippen LogP contribution in [0.4, 0.5) is 0 Å². The molecule has 3 aliphatic rings. The first-order valence-electron chi connectivity index (χ1n) is 10.4. The Hall–Kier alpha value is -2.22. The summed E-state index contributed by atoms with van der Waals surface area (Å²) in [6.45, 7) is 5.06. The number of carbonyl (C=O) groups is 2. The maximum Gasteiger partial charge on any atom is 0.338 e. The van der Waals surface area contributed by atoms with E-state index in [1.165, 1.54) is 0 Å². The molecule has 1 aliphatic carbocycles. The molecule has 162 valence electrons. The second-order valence-corrected chi connectivity index (χ2v) is 9.05. The first kappa shape index (κ1) is 21.0. The Morgan fingerprint density at radius 1 is 1.23 bits per heavy atom. The maximum atomic E-state index is 12.5. The summed E-state index contributed by atoms with van der Waals surface area (Å²) in [6, 6.07) is 8.79. The highest BCUT2D eigenvalue weighted by Gasteiger charge is 2.50. The molecule has 4 rings (SSSR count). The van der Waals surface area contributed by atoms with Crippen molar-refractivity contribution < 1.29 is 33.6 Å². The third-order valence-electron chi connectivity index (χ3n) is 5.90. The van der Waals surface area contributed by atoms with Crippen molar-refractivity contribution >= 4 is 11.9 Å². The SMILES string of the molecule is CC1(C)COC([C@@H](O)/C=C/[C@@H]2[C@H]3CC(=O)O[C@H]3C[C@H]2OC(=O)c2ccccc2)OC1. The number of fused-ring (bicyclic) bond motifs is 1. The van der Waals surface area contributed by atoms with E-state index in [1.807, 2.05) is 26.0 Å². The van der Waals surface area contributed by atoms with Crippen LogP contribution in [-0.4, -0.2) is 54.9 Å². The molecule has 0 aromatic heterocycles. The fourth-order valence-electron chi connectivity index (χ4n) is 4.31. The fraction of sp³-hybridized carbons (Fsp3) is 0.565. The molecule has 2 saturated heterocycles. The van der Waals surface area contributed by atoms with Crippen LogP contribution in [0.5, 0.6) is 0 Å². The third kappa shape index (κ3) is 4.58. The number of hydrogen-bond acceptors (Lipinski definition) is 7. The molecular formula is C23H28O7. The van der Waals surface area contributed by atoms with E-state index in [0.717, 1.165) is 0 Å². The summed E-state index contributed by atoms with van der Waals surface area (Å²) >= 11 is 0. The summed E-state index contributed by atoms with van der Waals surface area (Å²) in [5, 5.41) is 10.5. The van der Waals surface area contributed by atoms with Crippen LogP contribution in [0.2, 0.25) is 0 Å². The average molecular weight is 416 g/mol. The Labute approximate surface area is 175 Å². The third-order valence-corrected chi connectivity index (χ3v) is 5.90.